The molecule has 0 bridgehead atoms. The molecule has 0 aliphatic carbocycles. The Balaban J connectivity index is 2.69. The molecule has 0 spiro atoms. The number of benzene rings is 1. The number of carbonyl (C=O) groups is 2. The fourth-order valence-electron chi connectivity index (χ4n) is 1.55. The third-order valence-electron chi connectivity index (χ3n) is 2.74. The SMILES string of the molecule is C/C(N)=C(/C#N)C(=O)COC(=O)c1ccc(N(C)C)cc1. The van der Waals surface area contributed by atoms with Gasteiger partial charge in [0.1, 0.15) is 11.6 Å². The average molecular weight is 287 g/mol. The molecule has 6 nitrogen and oxygen atoms in total. The molecule has 0 saturated heterocycles. The number of hydrogen-bond acceptors (Lipinski definition) is 6. The molecule has 0 aliphatic heterocycles. The highest BCUT2D eigenvalue weighted by molar-refractivity contribution is 6.02. The highest BCUT2D eigenvalue weighted by atomic mass is 16.5. The average Bonchev–Trinajstić information content (AvgIpc) is 2.45. The second kappa shape index (κ2) is 7.10. The minimum Gasteiger partial charge on any atom is -0.454 e. The summed E-state index contributed by atoms with van der Waals surface area (Å²) in [6.07, 6.45) is 0. The molecule has 0 heterocycles. The number of ether oxygens (including phenoxy) is 1. The first-order chi connectivity index (χ1) is 9.86. The molecule has 0 fully saturated rings. The van der Waals surface area contributed by atoms with Gasteiger partial charge in [-0.25, -0.2) is 4.79 Å². The van der Waals surface area contributed by atoms with Gasteiger partial charge in [0.15, 0.2) is 6.61 Å². The summed E-state index contributed by atoms with van der Waals surface area (Å²) in [6.45, 7) is 0.934. The highest BCUT2D eigenvalue weighted by Gasteiger charge is 2.15. The molecule has 0 radical (unpaired) electrons. The number of ketones is 1. The molecular formula is C15H17N3O3. The van der Waals surface area contributed by atoms with E-state index >= 15 is 0 Å². The van der Waals surface area contributed by atoms with Crippen LogP contribution in [0.5, 0.6) is 0 Å². The molecule has 0 aromatic heterocycles. The number of rotatable bonds is 5. The van der Waals surface area contributed by atoms with Gasteiger partial charge in [0.25, 0.3) is 0 Å². The van der Waals surface area contributed by atoms with Gasteiger partial charge in [0, 0.05) is 25.5 Å². The largest absolute Gasteiger partial charge is 0.454 e. The Hall–Kier alpha value is -2.81. The fourth-order valence-corrected chi connectivity index (χ4v) is 1.55. The third-order valence-corrected chi connectivity index (χ3v) is 2.74. The molecule has 6 heteroatoms. The van der Waals surface area contributed by atoms with Gasteiger partial charge in [-0.2, -0.15) is 5.26 Å². The van der Waals surface area contributed by atoms with Gasteiger partial charge in [-0.05, 0) is 31.2 Å². The molecule has 0 aliphatic rings. The Labute approximate surface area is 123 Å². The van der Waals surface area contributed by atoms with Gasteiger partial charge < -0.3 is 15.4 Å². The number of carbonyl (C=O) groups excluding carboxylic acids is 2. The van der Waals surface area contributed by atoms with Crippen molar-refractivity contribution in [3.8, 4) is 6.07 Å². The van der Waals surface area contributed by atoms with Crippen LogP contribution in [0.3, 0.4) is 0 Å². The maximum absolute atomic E-state index is 11.8. The maximum atomic E-state index is 11.8. The second-order valence-corrected chi connectivity index (χ2v) is 4.61. The van der Waals surface area contributed by atoms with Crippen LogP contribution in [0, 0.1) is 11.3 Å². The van der Waals surface area contributed by atoms with E-state index in [1.54, 1.807) is 30.3 Å². The number of hydrogen-bond donors (Lipinski definition) is 1. The Kier molecular flexibility index (Phi) is 5.49. The first-order valence-electron chi connectivity index (χ1n) is 6.21. The Morgan fingerprint density at radius 2 is 1.86 bits per heavy atom. The van der Waals surface area contributed by atoms with Gasteiger partial charge >= 0.3 is 5.97 Å². The summed E-state index contributed by atoms with van der Waals surface area (Å²) in [6, 6.07) is 8.44. The van der Waals surface area contributed by atoms with Crippen molar-refractivity contribution in [3.63, 3.8) is 0 Å². The Bertz CT molecular complexity index is 606. The quantitative estimate of drug-likeness (QED) is 0.497. The zero-order valence-electron chi connectivity index (χ0n) is 12.2. The van der Waals surface area contributed by atoms with E-state index in [9.17, 15) is 9.59 Å². The summed E-state index contributed by atoms with van der Waals surface area (Å²) in [5.74, 6) is -1.24. The molecule has 0 saturated carbocycles. The summed E-state index contributed by atoms with van der Waals surface area (Å²) in [5.41, 5.74) is 6.59. The lowest BCUT2D eigenvalue weighted by Gasteiger charge is -2.12. The van der Waals surface area contributed by atoms with Crippen molar-refractivity contribution in [1.82, 2.24) is 0 Å². The monoisotopic (exact) mass is 287 g/mol. The van der Waals surface area contributed by atoms with Crippen molar-refractivity contribution in [2.24, 2.45) is 5.73 Å². The van der Waals surface area contributed by atoms with E-state index in [4.69, 9.17) is 15.7 Å². The second-order valence-electron chi connectivity index (χ2n) is 4.61. The zero-order chi connectivity index (χ0) is 16.0. The number of esters is 1. The molecule has 1 rings (SSSR count). The van der Waals surface area contributed by atoms with Crippen molar-refractivity contribution >= 4 is 17.4 Å². The molecule has 1 aromatic rings. The standard InChI is InChI=1S/C15H17N3O3/c1-10(17)13(8-16)14(19)9-21-15(20)11-4-6-12(7-5-11)18(2)3/h4-7H,9,17H2,1-3H3/b13-10+. The molecule has 1 aromatic carbocycles. The summed E-state index contributed by atoms with van der Waals surface area (Å²) >= 11 is 0. The van der Waals surface area contributed by atoms with Gasteiger partial charge in [0.05, 0.1) is 5.56 Å². The van der Waals surface area contributed by atoms with Crippen molar-refractivity contribution in [3.05, 3.63) is 41.1 Å². The minimum atomic E-state index is -0.624. The maximum Gasteiger partial charge on any atom is 0.338 e. The highest BCUT2D eigenvalue weighted by Crippen LogP contribution is 2.13. The van der Waals surface area contributed by atoms with Gasteiger partial charge in [-0.1, -0.05) is 0 Å². The molecular weight excluding hydrogens is 270 g/mol. The van der Waals surface area contributed by atoms with Crippen LogP contribution in [0.25, 0.3) is 0 Å². The summed E-state index contributed by atoms with van der Waals surface area (Å²) in [7, 11) is 3.77. The predicted molar refractivity (Wildman–Crippen MR) is 78.6 cm³/mol. The lowest BCUT2D eigenvalue weighted by molar-refractivity contribution is -0.118. The Morgan fingerprint density at radius 3 is 2.29 bits per heavy atom. The van der Waals surface area contributed by atoms with Crippen LogP contribution in [0.1, 0.15) is 17.3 Å². The molecule has 0 unspecified atom stereocenters. The zero-order valence-corrected chi connectivity index (χ0v) is 12.2. The number of Topliss-reactive ketones (excluding diaryl/α,β-unsaturated/α-hetero) is 1. The molecule has 0 atom stereocenters. The van der Waals surface area contributed by atoms with Crippen molar-refractivity contribution < 1.29 is 14.3 Å². The van der Waals surface area contributed by atoms with Crippen molar-refractivity contribution in [2.75, 3.05) is 25.6 Å². The van der Waals surface area contributed by atoms with E-state index < -0.39 is 18.4 Å². The minimum absolute atomic E-state index is 0.105. The topological polar surface area (TPSA) is 96.4 Å². The summed E-state index contributed by atoms with van der Waals surface area (Å²) in [4.78, 5) is 25.3. The van der Waals surface area contributed by atoms with Crippen LogP contribution in [0.15, 0.2) is 35.5 Å². The number of nitrogens with zero attached hydrogens (tertiary/aromatic N) is 2. The smallest absolute Gasteiger partial charge is 0.338 e. The summed E-state index contributed by atoms with van der Waals surface area (Å²) in [5, 5.41) is 8.78. The van der Waals surface area contributed by atoms with Crippen LogP contribution in [0.4, 0.5) is 5.69 Å². The lowest BCUT2D eigenvalue weighted by Crippen LogP contribution is -2.17. The molecule has 110 valence electrons. The van der Waals surface area contributed by atoms with E-state index in [2.05, 4.69) is 0 Å². The third kappa shape index (κ3) is 4.35. The van der Waals surface area contributed by atoms with E-state index in [1.165, 1.54) is 6.92 Å². The number of anilines is 1. The van der Waals surface area contributed by atoms with Crippen LogP contribution in [0.2, 0.25) is 0 Å². The van der Waals surface area contributed by atoms with E-state index in [1.807, 2.05) is 19.0 Å². The predicted octanol–water partition coefficient (Wildman–Crippen LogP) is 1.23. The van der Waals surface area contributed by atoms with E-state index in [0.717, 1.165) is 5.69 Å². The first kappa shape index (κ1) is 16.2. The van der Waals surface area contributed by atoms with Gasteiger partial charge in [0.2, 0.25) is 5.78 Å². The molecule has 0 amide bonds. The summed E-state index contributed by atoms with van der Waals surface area (Å²) < 4.78 is 4.88. The number of nitrogens with two attached hydrogens (primary N) is 1. The van der Waals surface area contributed by atoms with Crippen LogP contribution in [-0.2, 0) is 9.53 Å². The molecule has 21 heavy (non-hydrogen) atoms. The normalized spacial score (nSPS) is 11.1. The first-order valence-corrected chi connectivity index (χ1v) is 6.21. The molecule has 2 N–H and O–H groups in total. The van der Waals surface area contributed by atoms with Gasteiger partial charge in [-0.15, -0.1) is 0 Å². The Morgan fingerprint density at radius 1 is 1.29 bits per heavy atom. The van der Waals surface area contributed by atoms with E-state index in [-0.39, 0.29) is 11.3 Å². The van der Waals surface area contributed by atoms with Crippen molar-refractivity contribution in [1.29, 1.82) is 5.26 Å². The van der Waals surface area contributed by atoms with Gasteiger partial charge in [-0.3, -0.25) is 4.79 Å². The van der Waals surface area contributed by atoms with Crippen molar-refractivity contribution in [2.45, 2.75) is 6.92 Å². The van der Waals surface area contributed by atoms with Crippen LogP contribution in [-0.4, -0.2) is 32.5 Å². The van der Waals surface area contributed by atoms with Crippen LogP contribution < -0.4 is 10.6 Å². The van der Waals surface area contributed by atoms with E-state index in [0.29, 0.717) is 5.56 Å². The fraction of sp³-hybridized carbons (Fsp3) is 0.267. The lowest BCUT2D eigenvalue weighted by atomic mass is 10.1. The van der Waals surface area contributed by atoms with Crippen LogP contribution >= 0.6 is 0 Å². The number of allylic oxidation sites excluding steroid dienone is 1. The number of nitriles is 1.